The molecule has 1 aromatic heterocycles. The molecule has 0 amide bonds. The maximum absolute atomic E-state index is 10.0. The van der Waals surface area contributed by atoms with Crippen LogP contribution in [0.3, 0.4) is 0 Å². The van der Waals surface area contributed by atoms with Crippen LogP contribution in [0.2, 0.25) is 0 Å². The van der Waals surface area contributed by atoms with Gasteiger partial charge in [0.05, 0.1) is 6.54 Å². The molecule has 0 N–H and O–H groups in total. The van der Waals surface area contributed by atoms with Crippen LogP contribution >= 0.6 is 0 Å². The first-order chi connectivity index (χ1) is 6.83. The van der Waals surface area contributed by atoms with Gasteiger partial charge in [0.15, 0.2) is 0 Å². The number of hydrogen-bond donors (Lipinski definition) is 0. The van der Waals surface area contributed by atoms with Crippen molar-refractivity contribution < 1.29 is 4.79 Å². The van der Waals surface area contributed by atoms with Gasteiger partial charge in [-0.25, -0.2) is 4.79 Å². The summed E-state index contributed by atoms with van der Waals surface area (Å²) in [7, 11) is 1.97. The van der Waals surface area contributed by atoms with Crippen molar-refractivity contribution in [3.63, 3.8) is 0 Å². The van der Waals surface area contributed by atoms with Crippen molar-refractivity contribution in [1.29, 1.82) is 0 Å². The molecule has 0 fully saturated rings. The molecule has 2 aromatic rings. The second-order valence-corrected chi connectivity index (χ2v) is 3.16. The number of fused-ring (bicyclic) bond motifs is 1. The Morgan fingerprint density at radius 2 is 2.21 bits per heavy atom. The van der Waals surface area contributed by atoms with Crippen molar-refractivity contribution in [2.45, 2.75) is 6.54 Å². The van der Waals surface area contributed by atoms with Gasteiger partial charge in [0.25, 0.3) is 0 Å². The van der Waals surface area contributed by atoms with E-state index in [9.17, 15) is 4.79 Å². The van der Waals surface area contributed by atoms with E-state index < -0.39 is 0 Å². The monoisotopic (exact) mass is 186 g/mol. The molecule has 2 rings (SSSR count). The highest BCUT2D eigenvalue weighted by atomic mass is 16.1. The van der Waals surface area contributed by atoms with E-state index in [0.29, 0.717) is 6.54 Å². The number of aromatic nitrogens is 1. The second-order valence-electron chi connectivity index (χ2n) is 3.16. The first-order valence-corrected chi connectivity index (χ1v) is 4.40. The topological polar surface area (TPSA) is 34.4 Å². The Morgan fingerprint density at radius 1 is 1.43 bits per heavy atom. The molecular formula is C11H10N2O. The molecule has 0 unspecified atom stereocenters. The summed E-state index contributed by atoms with van der Waals surface area (Å²) in [6.07, 6.45) is 1.55. The SMILES string of the molecule is Cn1c(CN=C=O)cc2ccccc21. The number of aliphatic imine (C=N–C) groups is 1. The number of rotatable bonds is 2. The fraction of sp³-hybridized carbons (Fsp3) is 0.182. The van der Waals surface area contributed by atoms with E-state index in [1.165, 1.54) is 5.39 Å². The molecule has 0 aliphatic heterocycles. The molecule has 0 radical (unpaired) electrons. The first-order valence-electron chi connectivity index (χ1n) is 4.40. The van der Waals surface area contributed by atoms with Crippen LogP contribution in [0.15, 0.2) is 35.3 Å². The van der Waals surface area contributed by atoms with Crippen LogP contribution in [0.5, 0.6) is 0 Å². The lowest BCUT2D eigenvalue weighted by Gasteiger charge is -1.99. The highest BCUT2D eigenvalue weighted by Gasteiger charge is 2.03. The number of aryl methyl sites for hydroxylation is 1. The third kappa shape index (κ3) is 1.34. The Labute approximate surface area is 81.7 Å². The van der Waals surface area contributed by atoms with E-state index in [0.717, 1.165) is 11.2 Å². The number of benzene rings is 1. The average molecular weight is 186 g/mol. The Bertz CT molecular complexity index is 507. The fourth-order valence-electron chi connectivity index (χ4n) is 1.61. The minimum absolute atomic E-state index is 0.397. The van der Waals surface area contributed by atoms with Crippen LogP contribution in [0, 0.1) is 0 Å². The maximum Gasteiger partial charge on any atom is 0.235 e. The predicted molar refractivity (Wildman–Crippen MR) is 54.7 cm³/mol. The summed E-state index contributed by atoms with van der Waals surface area (Å²) >= 11 is 0. The van der Waals surface area contributed by atoms with Crippen LogP contribution in [-0.2, 0) is 18.4 Å². The maximum atomic E-state index is 10.0. The molecule has 0 atom stereocenters. The van der Waals surface area contributed by atoms with Crippen LogP contribution in [0.4, 0.5) is 0 Å². The van der Waals surface area contributed by atoms with Crippen LogP contribution in [0.1, 0.15) is 5.69 Å². The summed E-state index contributed by atoms with van der Waals surface area (Å²) in [4.78, 5) is 13.6. The molecule has 0 spiro atoms. The minimum atomic E-state index is 0.397. The molecule has 70 valence electrons. The standard InChI is InChI=1S/C11H10N2O/c1-13-10(7-12-8-14)6-9-4-2-3-5-11(9)13/h2-6H,7H2,1H3. The zero-order valence-corrected chi connectivity index (χ0v) is 7.90. The molecule has 0 aliphatic carbocycles. The van der Waals surface area contributed by atoms with Gasteiger partial charge in [-0.05, 0) is 17.5 Å². The Morgan fingerprint density at radius 3 is 2.93 bits per heavy atom. The van der Waals surface area contributed by atoms with Crippen molar-refractivity contribution in [1.82, 2.24) is 4.57 Å². The zero-order valence-electron chi connectivity index (χ0n) is 7.90. The van der Waals surface area contributed by atoms with Crippen LogP contribution < -0.4 is 0 Å². The Balaban J connectivity index is 2.56. The lowest BCUT2D eigenvalue weighted by Crippen LogP contribution is -1.93. The molecule has 0 bridgehead atoms. The smallest absolute Gasteiger partial charge is 0.235 e. The minimum Gasteiger partial charge on any atom is -0.346 e. The molecule has 14 heavy (non-hydrogen) atoms. The number of para-hydroxylation sites is 1. The summed E-state index contributed by atoms with van der Waals surface area (Å²) in [5, 5.41) is 1.17. The van der Waals surface area contributed by atoms with E-state index in [1.807, 2.05) is 41.9 Å². The van der Waals surface area contributed by atoms with Crippen LogP contribution in [-0.4, -0.2) is 10.6 Å². The lowest BCUT2D eigenvalue weighted by molar-refractivity contribution is 0.562. The summed E-state index contributed by atoms with van der Waals surface area (Å²) in [6, 6.07) is 10.1. The van der Waals surface area contributed by atoms with Gasteiger partial charge < -0.3 is 4.57 Å². The Hall–Kier alpha value is -1.86. The quantitative estimate of drug-likeness (QED) is 0.522. The fourth-order valence-corrected chi connectivity index (χ4v) is 1.61. The van der Waals surface area contributed by atoms with E-state index in [2.05, 4.69) is 4.99 Å². The zero-order chi connectivity index (χ0) is 9.97. The average Bonchev–Trinajstić information content (AvgIpc) is 2.54. The van der Waals surface area contributed by atoms with Crippen molar-refractivity contribution in [3.05, 3.63) is 36.0 Å². The number of nitrogens with zero attached hydrogens (tertiary/aromatic N) is 2. The van der Waals surface area contributed by atoms with Gasteiger partial charge in [0.1, 0.15) is 0 Å². The molecule has 3 nitrogen and oxygen atoms in total. The molecule has 0 saturated carbocycles. The molecule has 1 heterocycles. The van der Waals surface area contributed by atoms with E-state index in [-0.39, 0.29) is 0 Å². The van der Waals surface area contributed by atoms with Gasteiger partial charge in [-0.2, -0.15) is 4.99 Å². The van der Waals surface area contributed by atoms with Crippen molar-refractivity contribution in [2.24, 2.45) is 12.0 Å². The van der Waals surface area contributed by atoms with Gasteiger partial charge in [-0.15, -0.1) is 0 Å². The van der Waals surface area contributed by atoms with E-state index in [4.69, 9.17) is 0 Å². The summed E-state index contributed by atoms with van der Waals surface area (Å²) in [5.41, 5.74) is 2.18. The number of hydrogen-bond acceptors (Lipinski definition) is 2. The molecule has 1 aromatic carbocycles. The van der Waals surface area contributed by atoms with Crippen molar-refractivity contribution in [3.8, 4) is 0 Å². The highest BCUT2D eigenvalue weighted by Crippen LogP contribution is 2.18. The third-order valence-corrected chi connectivity index (χ3v) is 2.36. The Kier molecular flexibility index (Phi) is 2.17. The van der Waals surface area contributed by atoms with Gasteiger partial charge >= 0.3 is 0 Å². The number of carbonyl (C=O) groups excluding carboxylic acids is 1. The largest absolute Gasteiger partial charge is 0.346 e. The van der Waals surface area contributed by atoms with Crippen LogP contribution in [0.25, 0.3) is 10.9 Å². The molecule has 0 aliphatic rings. The van der Waals surface area contributed by atoms with Crippen molar-refractivity contribution >= 4 is 17.0 Å². The molecule has 0 saturated heterocycles. The second kappa shape index (κ2) is 3.48. The predicted octanol–water partition coefficient (Wildman–Crippen LogP) is 2.01. The summed E-state index contributed by atoms with van der Waals surface area (Å²) < 4.78 is 2.04. The van der Waals surface area contributed by atoms with Gasteiger partial charge in [0.2, 0.25) is 6.08 Å². The normalized spacial score (nSPS) is 10.1. The van der Waals surface area contributed by atoms with E-state index in [1.54, 1.807) is 6.08 Å². The number of isocyanates is 1. The van der Waals surface area contributed by atoms with Gasteiger partial charge in [0, 0.05) is 18.3 Å². The van der Waals surface area contributed by atoms with Gasteiger partial charge in [-0.3, -0.25) is 0 Å². The van der Waals surface area contributed by atoms with Gasteiger partial charge in [-0.1, -0.05) is 18.2 Å². The molecular weight excluding hydrogens is 176 g/mol. The molecule has 3 heteroatoms. The third-order valence-electron chi connectivity index (χ3n) is 2.36. The summed E-state index contributed by atoms with van der Waals surface area (Å²) in [6.45, 7) is 0.397. The first kappa shape index (κ1) is 8.73. The lowest BCUT2D eigenvalue weighted by atomic mass is 10.2. The summed E-state index contributed by atoms with van der Waals surface area (Å²) in [5.74, 6) is 0. The van der Waals surface area contributed by atoms with E-state index >= 15 is 0 Å². The highest BCUT2D eigenvalue weighted by molar-refractivity contribution is 5.81. The van der Waals surface area contributed by atoms with Crippen molar-refractivity contribution in [2.75, 3.05) is 0 Å².